The van der Waals surface area contributed by atoms with Crippen LogP contribution in [-0.2, 0) is 6.54 Å². The number of hydrogen-bond donors (Lipinski definition) is 1. The molecular formula is C16H15N3O2. The average molecular weight is 281 g/mol. The molecule has 0 fully saturated rings. The second-order valence-corrected chi connectivity index (χ2v) is 5.00. The zero-order chi connectivity index (χ0) is 15.0. The lowest BCUT2D eigenvalue weighted by Gasteiger charge is -2.14. The van der Waals surface area contributed by atoms with Gasteiger partial charge >= 0.3 is 0 Å². The first-order valence-electron chi connectivity index (χ1n) is 6.75. The summed E-state index contributed by atoms with van der Waals surface area (Å²) in [5.41, 5.74) is 8.31. The van der Waals surface area contributed by atoms with Crippen molar-refractivity contribution in [2.45, 2.75) is 13.5 Å². The highest BCUT2D eigenvalue weighted by Crippen LogP contribution is 2.28. The minimum absolute atomic E-state index is 0.147. The van der Waals surface area contributed by atoms with Gasteiger partial charge < -0.3 is 10.3 Å². The molecule has 2 N–H and O–H groups in total. The smallest absolute Gasteiger partial charge is 0.203 e. The van der Waals surface area contributed by atoms with Crippen LogP contribution in [0.4, 0.5) is 0 Å². The van der Waals surface area contributed by atoms with Gasteiger partial charge in [-0.05, 0) is 25.1 Å². The molecule has 3 rings (SSSR count). The molecule has 2 aromatic rings. The van der Waals surface area contributed by atoms with Crippen molar-refractivity contribution < 1.29 is 9.59 Å². The maximum absolute atomic E-state index is 12.6. The van der Waals surface area contributed by atoms with Crippen molar-refractivity contribution in [2.24, 2.45) is 5.73 Å². The van der Waals surface area contributed by atoms with E-state index in [4.69, 9.17) is 5.73 Å². The minimum atomic E-state index is -0.168. The Bertz CT molecular complexity index is 754. The lowest BCUT2D eigenvalue weighted by atomic mass is 9.90. The molecule has 2 aromatic heterocycles. The summed E-state index contributed by atoms with van der Waals surface area (Å²) in [6.45, 7) is 2.81. The Hall–Kier alpha value is -2.53. The van der Waals surface area contributed by atoms with Gasteiger partial charge in [-0.3, -0.25) is 14.6 Å². The molecule has 21 heavy (non-hydrogen) atoms. The highest BCUT2D eigenvalue weighted by Gasteiger charge is 2.29. The summed E-state index contributed by atoms with van der Waals surface area (Å²) < 4.78 is 1.73. The van der Waals surface area contributed by atoms with Gasteiger partial charge in [0.15, 0.2) is 5.78 Å². The number of fused-ring (bicyclic) bond motifs is 1. The molecule has 0 aliphatic heterocycles. The number of Topliss-reactive ketones (excluding diaryl/α,β-unsaturated/α-hetero) is 1. The number of pyridine rings is 1. The molecule has 0 spiro atoms. The fourth-order valence-electron chi connectivity index (χ4n) is 2.51. The number of ketones is 2. The van der Waals surface area contributed by atoms with Crippen LogP contribution >= 0.6 is 0 Å². The van der Waals surface area contributed by atoms with Crippen molar-refractivity contribution in [2.75, 3.05) is 6.54 Å². The average Bonchev–Trinajstić information content (AvgIpc) is 2.89. The van der Waals surface area contributed by atoms with Gasteiger partial charge in [0.25, 0.3) is 0 Å². The molecule has 0 bridgehead atoms. The number of allylic oxidation sites excluding steroid dienone is 2. The molecule has 1 aliphatic carbocycles. The molecule has 0 atom stereocenters. The Morgan fingerprint density at radius 3 is 2.71 bits per heavy atom. The summed E-state index contributed by atoms with van der Waals surface area (Å²) >= 11 is 0. The first-order chi connectivity index (χ1) is 10.1. The molecule has 0 amide bonds. The monoisotopic (exact) mass is 281 g/mol. The van der Waals surface area contributed by atoms with E-state index in [1.807, 2.05) is 13.0 Å². The standard InChI is InChI=1S/C16H15N3O2/c1-10-2-3-11(9-18-10)13-8-14(20)15-12(16(13)21)4-6-19(15)7-5-17/h2-4,6,8-9H,5,7,17H2,1H3. The molecule has 1 aliphatic rings. The summed E-state index contributed by atoms with van der Waals surface area (Å²) in [6.07, 6.45) is 4.75. The molecule has 5 heteroatoms. The van der Waals surface area contributed by atoms with E-state index in [2.05, 4.69) is 4.98 Å². The molecule has 106 valence electrons. The Morgan fingerprint density at radius 2 is 2.05 bits per heavy atom. The van der Waals surface area contributed by atoms with Crippen LogP contribution in [0.2, 0.25) is 0 Å². The van der Waals surface area contributed by atoms with Crippen LogP contribution in [0.5, 0.6) is 0 Å². The first kappa shape index (κ1) is 13.5. The quantitative estimate of drug-likeness (QED) is 0.927. The number of aryl methyl sites for hydroxylation is 1. The van der Waals surface area contributed by atoms with Gasteiger partial charge in [-0.15, -0.1) is 0 Å². The lowest BCUT2D eigenvalue weighted by Crippen LogP contribution is -2.20. The fourth-order valence-corrected chi connectivity index (χ4v) is 2.51. The predicted molar refractivity (Wildman–Crippen MR) is 79.1 cm³/mol. The van der Waals surface area contributed by atoms with Crippen LogP contribution in [0.3, 0.4) is 0 Å². The SMILES string of the molecule is Cc1ccc(C2=CC(=O)c3c(ccn3CCN)C2=O)cn1. The number of rotatable bonds is 3. The van der Waals surface area contributed by atoms with E-state index in [1.54, 1.807) is 29.1 Å². The lowest BCUT2D eigenvalue weighted by molar-refractivity contribution is 0.0995. The molecule has 2 heterocycles. The number of nitrogens with zero attached hydrogens (tertiary/aromatic N) is 2. The molecule has 0 aromatic carbocycles. The van der Waals surface area contributed by atoms with Crippen molar-refractivity contribution >= 4 is 17.1 Å². The summed E-state index contributed by atoms with van der Waals surface area (Å²) in [5, 5.41) is 0. The van der Waals surface area contributed by atoms with E-state index in [1.165, 1.54) is 6.08 Å². The number of hydrogen-bond acceptors (Lipinski definition) is 4. The van der Waals surface area contributed by atoms with Gasteiger partial charge in [-0.2, -0.15) is 0 Å². The van der Waals surface area contributed by atoms with E-state index in [9.17, 15) is 9.59 Å². The van der Waals surface area contributed by atoms with Gasteiger partial charge in [-0.25, -0.2) is 0 Å². The summed E-state index contributed by atoms with van der Waals surface area (Å²) in [6, 6.07) is 5.31. The van der Waals surface area contributed by atoms with Gasteiger partial charge in [0, 0.05) is 42.3 Å². The number of carbonyl (C=O) groups is 2. The van der Waals surface area contributed by atoms with E-state index in [0.717, 1.165) is 5.69 Å². The van der Waals surface area contributed by atoms with Gasteiger partial charge in [0.1, 0.15) is 5.69 Å². The summed E-state index contributed by atoms with van der Waals surface area (Å²) in [5.74, 6) is -0.315. The van der Waals surface area contributed by atoms with Crippen molar-refractivity contribution in [1.82, 2.24) is 9.55 Å². The van der Waals surface area contributed by atoms with Crippen LogP contribution < -0.4 is 5.73 Å². The number of nitrogens with two attached hydrogens (primary N) is 1. The normalized spacial score (nSPS) is 14.1. The van der Waals surface area contributed by atoms with Crippen molar-refractivity contribution in [3.8, 4) is 0 Å². The second-order valence-electron chi connectivity index (χ2n) is 5.00. The summed E-state index contributed by atoms with van der Waals surface area (Å²) in [4.78, 5) is 29.1. The topological polar surface area (TPSA) is 78.0 Å². The maximum Gasteiger partial charge on any atom is 0.203 e. The van der Waals surface area contributed by atoms with Crippen molar-refractivity contribution in [1.29, 1.82) is 0 Å². The van der Waals surface area contributed by atoms with E-state index in [-0.39, 0.29) is 11.6 Å². The van der Waals surface area contributed by atoms with E-state index < -0.39 is 0 Å². The van der Waals surface area contributed by atoms with Gasteiger partial charge in [0.05, 0.1) is 5.56 Å². The fraction of sp³-hybridized carbons (Fsp3) is 0.188. The third kappa shape index (κ3) is 2.21. The highest BCUT2D eigenvalue weighted by molar-refractivity contribution is 6.38. The van der Waals surface area contributed by atoms with Gasteiger partial charge in [0.2, 0.25) is 5.78 Å². The van der Waals surface area contributed by atoms with Gasteiger partial charge in [-0.1, -0.05) is 6.07 Å². The summed E-state index contributed by atoms with van der Waals surface area (Å²) in [7, 11) is 0. The molecule has 0 saturated carbocycles. The Balaban J connectivity index is 2.06. The van der Waals surface area contributed by atoms with Crippen LogP contribution in [0, 0.1) is 6.92 Å². The number of aromatic nitrogens is 2. The molecule has 0 saturated heterocycles. The first-order valence-corrected chi connectivity index (χ1v) is 6.75. The molecule has 5 nitrogen and oxygen atoms in total. The van der Waals surface area contributed by atoms with E-state index in [0.29, 0.717) is 35.5 Å². The number of carbonyl (C=O) groups excluding carboxylic acids is 2. The van der Waals surface area contributed by atoms with Crippen LogP contribution in [0.15, 0.2) is 36.7 Å². The van der Waals surface area contributed by atoms with Crippen LogP contribution in [0.25, 0.3) is 5.57 Å². The minimum Gasteiger partial charge on any atom is -0.343 e. The third-order valence-corrected chi connectivity index (χ3v) is 3.55. The maximum atomic E-state index is 12.6. The molecule has 0 radical (unpaired) electrons. The van der Waals surface area contributed by atoms with Crippen molar-refractivity contribution in [3.63, 3.8) is 0 Å². The van der Waals surface area contributed by atoms with Crippen LogP contribution in [0.1, 0.15) is 32.1 Å². The van der Waals surface area contributed by atoms with E-state index >= 15 is 0 Å². The van der Waals surface area contributed by atoms with Crippen LogP contribution in [-0.4, -0.2) is 27.7 Å². The Labute approximate surface area is 122 Å². The Morgan fingerprint density at radius 1 is 1.24 bits per heavy atom. The zero-order valence-corrected chi connectivity index (χ0v) is 11.7. The largest absolute Gasteiger partial charge is 0.343 e. The third-order valence-electron chi connectivity index (χ3n) is 3.55. The highest BCUT2D eigenvalue weighted by atomic mass is 16.1. The molecule has 0 unspecified atom stereocenters. The second kappa shape index (κ2) is 5.10. The molecular weight excluding hydrogens is 266 g/mol. The Kier molecular flexibility index (Phi) is 3.27. The zero-order valence-electron chi connectivity index (χ0n) is 11.7. The predicted octanol–water partition coefficient (Wildman–Crippen LogP) is 1.61. The van der Waals surface area contributed by atoms with Crippen molar-refractivity contribution in [3.05, 3.63) is 59.2 Å².